The van der Waals surface area contributed by atoms with Gasteiger partial charge < -0.3 is 0 Å². The number of Topliss-reactive ketones (excluding diaryl/α,β-unsaturated/α-hetero) is 4. The van der Waals surface area contributed by atoms with Crippen molar-refractivity contribution in [2.75, 3.05) is 0 Å². The fraction of sp³-hybridized carbons (Fsp3) is 0.590. The first kappa shape index (κ1) is 36.3. The second-order valence-corrected chi connectivity index (χ2v) is 13.1. The Balaban J connectivity index is 0.000000305. The van der Waals surface area contributed by atoms with Gasteiger partial charge in [-0.05, 0) is 89.7 Å². The average molecular weight is 589 g/mol. The van der Waals surface area contributed by atoms with E-state index in [1.807, 2.05) is 26.0 Å². The number of ketones is 4. The third-order valence-corrected chi connectivity index (χ3v) is 9.16. The average Bonchev–Trinajstić information content (AvgIpc) is 2.96. The minimum Gasteiger partial charge on any atom is -0.300 e. The molecule has 0 saturated heterocycles. The largest absolute Gasteiger partial charge is 0.300 e. The van der Waals surface area contributed by atoms with Gasteiger partial charge in [-0.15, -0.1) is 0 Å². The van der Waals surface area contributed by atoms with Gasteiger partial charge in [0.1, 0.15) is 17.3 Å². The van der Waals surface area contributed by atoms with E-state index in [1.165, 1.54) is 37.3 Å². The van der Waals surface area contributed by atoms with Crippen molar-refractivity contribution >= 4 is 23.1 Å². The molecule has 4 heteroatoms. The van der Waals surface area contributed by atoms with Crippen LogP contribution in [-0.4, -0.2) is 23.1 Å². The molecule has 1 fully saturated rings. The minimum atomic E-state index is -0.0622. The second kappa shape index (κ2) is 18.7. The maximum Gasteiger partial charge on any atom is 0.163 e. The standard InChI is InChI=1S/C23H32O3.C8H14O.C8H10/c1-5-8-18(20(6-2)21(25)11-16(4)24)12-17-13-19-10-7-9-15(3)23(19)22(26)14-17;1-7(9)8-5-3-2-4-6-8;1-7-3-5-8(2)6-4-7/h7,9-10,17-18,20H,5-6,8,11-14H2,1-4H3;8H,2-6H2,1H3;3-6H,1-2H3. The topological polar surface area (TPSA) is 68.3 Å². The summed E-state index contributed by atoms with van der Waals surface area (Å²) in [4.78, 5) is 47.4. The molecular formula is C39H56O4. The Bertz CT molecular complexity index is 1170. The highest BCUT2D eigenvalue weighted by molar-refractivity contribution is 6.00. The van der Waals surface area contributed by atoms with E-state index < -0.39 is 0 Å². The van der Waals surface area contributed by atoms with Crippen molar-refractivity contribution in [2.45, 2.75) is 126 Å². The van der Waals surface area contributed by atoms with Crippen molar-refractivity contribution in [1.82, 2.24) is 0 Å². The molecule has 0 radical (unpaired) electrons. The normalized spacial score (nSPS) is 17.7. The minimum absolute atomic E-state index is 0.0460. The predicted molar refractivity (Wildman–Crippen MR) is 178 cm³/mol. The van der Waals surface area contributed by atoms with Crippen molar-refractivity contribution in [3.8, 4) is 0 Å². The van der Waals surface area contributed by atoms with Gasteiger partial charge in [-0.25, -0.2) is 0 Å². The number of hydrogen-bond acceptors (Lipinski definition) is 4. The zero-order chi connectivity index (χ0) is 31.9. The Morgan fingerprint density at radius 1 is 0.837 bits per heavy atom. The van der Waals surface area contributed by atoms with E-state index in [0.717, 1.165) is 61.6 Å². The van der Waals surface area contributed by atoms with Crippen LogP contribution in [-0.2, 0) is 20.8 Å². The van der Waals surface area contributed by atoms with E-state index in [4.69, 9.17) is 0 Å². The van der Waals surface area contributed by atoms with Crippen LogP contribution < -0.4 is 0 Å². The molecule has 0 heterocycles. The summed E-state index contributed by atoms with van der Waals surface area (Å²) in [6.45, 7) is 13.6. The molecule has 4 nitrogen and oxygen atoms in total. The van der Waals surface area contributed by atoms with Crippen molar-refractivity contribution in [2.24, 2.45) is 23.7 Å². The van der Waals surface area contributed by atoms with Gasteiger partial charge in [-0.3, -0.25) is 19.2 Å². The maximum absolute atomic E-state index is 12.7. The lowest BCUT2D eigenvalue weighted by molar-refractivity contribution is -0.130. The predicted octanol–water partition coefficient (Wildman–Crippen LogP) is 9.58. The van der Waals surface area contributed by atoms with Crippen LogP contribution in [0.15, 0.2) is 42.5 Å². The van der Waals surface area contributed by atoms with Crippen molar-refractivity contribution in [1.29, 1.82) is 0 Å². The fourth-order valence-electron chi connectivity index (χ4n) is 6.84. The first-order valence-electron chi connectivity index (χ1n) is 16.6. The Morgan fingerprint density at radius 2 is 1.44 bits per heavy atom. The van der Waals surface area contributed by atoms with Gasteiger partial charge >= 0.3 is 0 Å². The van der Waals surface area contributed by atoms with Crippen LogP contribution in [0.5, 0.6) is 0 Å². The summed E-state index contributed by atoms with van der Waals surface area (Å²) in [5.74, 6) is 1.58. The molecule has 0 aliphatic heterocycles. The molecule has 4 rings (SSSR count). The van der Waals surface area contributed by atoms with Crippen LogP contribution in [0.3, 0.4) is 0 Å². The molecule has 2 aliphatic rings. The van der Waals surface area contributed by atoms with Crippen molar-refractivity contribution in [3.63, 3.8) is 0 Å². The van der Waals surface area contributed by atoms with Crippen LogP contribution in [0.1, 0.15) is 131 Å². The molecular weight excluding hydrogens is 532 g/mol. The van der Waals surface area contributed by atoms with Crippen LogP contribution >= 0.6 is 0 Å². The van der Waals surface area contributed by atoms with Crippen molar-refractivity contribution in [3.05, 3.63) is 70.3 Å². The molecule has 2 aliphatic carbocycles. The smallest absolute Gasteiger partial charge is 0.163 e. The Kier molecular flexibility index (Phi) is 15.8. The lowest BCUT2D eigenvalue weighted by Crippen LogP contribution is -2.29. The summed E-state index contributed by atoms with van der Waals surface area (Å²) in [5.41, 5.74) is 5.80. The first-order chi connectivity index (χ1) is 20.5. The maximum atomic E-state index is 12.7. The van der Waals surface area contributed by atoms with Crippen LogP contribution in [0.4, 0.5) is 0 Å². The highest BCUT2D eigenvalue weighted by atomic mass is 16.1. The summed E-state index contributed by atoms with van der Waals surface area (Å²) in [6.07, 6.45) is 11.4. The molecule has 3 unspecified atom stereocenters. The summed E-state index contributed by atoms with van der Waals surface area (Å²) < 4.78 is 0. The molecule has 2 aromatic carbocycles. The van der Waals surface area contributed by atoms with Gasteiger partial charge in [-0.2, -0.15) is 0 Å². The second-order valence-electron chi connectivity index (χ2n) is 13.1. The molecule has 3 atom stereocenters. The van der Waals surface area contributed by atoms with Crippen LogP contribution in [0.25, 0.3) is 0 Å². The molecule has 0 bridgehead atoms. The highest BCUT2D eigenvalue weighted by Crippen LogP contribution is 2.36. The van der Waals surface area contributed by atoms with E-state index in [0.29, 0.717) is 24.0 Å². The van der Waals surface area contributed by atoms with E-state index in [1.54, 1.807) is 6.92 Å². The monoisotopic (exact) mass is 588 g/mol. The molecule has 0 aromatic heterocycles. The summed E-state index contributed by atoms with van der Waals surface area (Å²) in [6, 6.07) is 14.6. The van der Waals surface area contributed by atoms with Gasteiger partial charge in [0.15, 0.2) is 5.78 Å². The molecule has 2 aromatic rings. The number of benzene rings is 2. The van der Waals surface area contributed by atoms with Gasteiger partial charge in [0, 0.05) is 23.8 Å². The lowest BCUT2D eigenvalue weighted by atomic mass is 9.72. The van der Waals surface area contributed by atoms with Crippen molar-refractivity contribution < 1.29 is 19.2 Å². The first-order valence-corrected chi connectivity index (χ1v) is 16.6. The molecule has 0 spiro atoms. The zero-order valence-corrected chi connectivity index (χ0v) is 28.0. The van der Waals surface area contributed by atoms with Gasteiger partial charge in [-0.1, -0.05) is 99.5 Å². The number of carbonyl (C=O) groups excluding carboxylic acids is 4. The summed E-state index contributed by atoms with van der Waals surface area (Å²) in [7, 11) is 0. The third kappa shape index (κ3) is 12.3. The molecule has 236 valence electrons. The molecule has 1 saturated carbocycles. The number of carbonyl (C=O) groups is 4. The summed E-state index contributed by atoms with van der Waals surface area (Å²) >= 11 is 0. The summed E-state index contributed by atoms with van der Waals surface area (Å²) in [5, 5.41) is 0. The van der Waals surface area contributed by atoms with Crippen LogP contribution in [0, 0.1) is 44.4 Å². The number of hydrogen-bond donors (Lipinski definition) is 0. The van der Waals surface area contributed by atoms with Gasteiger partial charge in [0.25, 0.3) is 0 Å². The van der Waals surface area contributed by atoms with E-state index in [9.17, 15) is 19.2 Å². The Labute approximate surface area is 261 Å². The zero-order valence-electron chi connectivity index (χ0n) is 28.0. The van der Waals surface area contributed by atoms with E-state index in [-0.39, 0.29) is 35.6 Å². The molecule has 43 heavy (non-hydrogen) atoms. The Morgan fingerprint density at radius 3 is 1.93 bits per heavy atom. The lowest BCUT2D eigenvalue weighted by Gasteiger charge is -2.31. The van der Waals surface area contributed by atoms with Gasteiger partial charge in [0.05, 0.1) is 6.42 Å². The molecule has 0 N–H and O–H groups in total. The number of fused-ring (bicyclic) bond motifs is 1. The van der Waals surface area contributed by atoms with E-state index in [2.05, 4.69) is 51.1 Å². The van der Waals surface area contributed by atoms with Crippen LogP contribution in [0.2, 0.25) is 0 Å². The number of rotatable bonds is 10. The van der Waals surface area contributed by atoms with E-state index >= 15 is 0 Å². The third-order valence-electron chi connectivity index (χ3n) is 9.16. The number of aryl methyl sites for hydroxylation is 3. The quantitative estimate of drug-likeness (QED) is 0.259. The Hall–Kier alpha value is -2.88. The molecule has 0 amide bonds. The highest BCUT2D eigenvalue weighted by Gasteiger charge is 2.32. The van der Waals surface area contributed by atoms with Gasteiger partial charge in [0.2, 0.25) is 0 Å². The fourth-order valence-corrected chi connectivity index (χ4v) is 6.84. The SMILES string of the molecule is CC(=O)C1CCCCC1.CCCC(CC1CC(=O)c2c(C)cccc2C1)C(CC)C(=O)CC(C)=O.Cc1ccc(C)cc1.